The number of carboxylic acid groups (broad SMARTS) is 1. The zero-order valence-corrected chi connectivity index (χ0v) is 7.33. The van der Waals surface area contributed by atoms with Crippen LogP contribution < -0.4 is 0 Å². The van der Waals surface area contributed by atoms with E-state index in [0.717, 1.165) is 18.8 Å². The molecule has 0 radical (unpaired) electrons. The second-order valence-corrected chi connectivity index (χ2v) is 4.23. The van der Waals surface area contributed by atoms with Crippen LogP contribution in [-0.4, -0.2) is 11.1 Å². The van der Waals surface area contributed by atoms with Crippen LogP contribution in [-0.2, 0) is 4.79 Å². The van der Waals surface area contributed by atoms with E-state index in [0.29, 0.717) is 5.92 Å². The topological polar surface area (TPSA) is 37.3 Å². The minimum atomic E-state index is -0.549. The third-order valence-electron chi connectivity index (χ3n) is 3.65. The standard InChI is InChI=1S/C10H16O2/c11-10(12)9-4-2-1-3-7-5-6-8(7)9/h7-9H,1-6H2,(H,11,12). The van der Waals surface area contributed by atoms with Gasteiger partial charge in [0.2, 0.25) is 0 Å². The van der Waals surface area contributed by atoms with E-state index < -0.39 is 5.97 Å². The molecule has 2 aliphatic carbocycles. The van der Waals surface area contributed by atoms with Gasteiger partial charge in [-0.05, 0) is 31.1 Å². The highest BCUT2D eigenvalue weighted by Gasteiger charge is 2.41. The van der Waals surface area contributed by atoms with Crippen molar-refractivity contribution >= 4 is 5.97 Å². The molecule has 68 valence electrons. The molecular formula is C10H16O2. The fraction of sp³-hybridized carbons (Fsp3) is 0.900. The Kier molecular flexibility index (Phi) is 2.07. The highest BCUT2D eigenvalue weighted by molar-refractivity contribution is 5.70. The third kappa shape index (κ3) is 1.23. The molecule has 3 atom stereocenters. The van der Waals surface area contributed by atoms with Crippen LogP contribution in [0.2, 0.25) is 0 Å². The monoisotopic (exact) mass is 168 g/mol. The SMILES string of the molecule is O=C(O)C1CCCCC2CCC21. The van der Waals surface area contributed by atoms with Crippen LogP contribution in [0.3, 0.4) is 0 Å². The molecule has 2 heteroatoms. The quantitative estimate of drug-likeness (QED) is 0.652. The Bertz CT molecular complexity index is 188. The Hall–Kier alpha value is -0.530. The molecule has 0 aromatic heterocycles. The average Bonchev–Trinajstić information content (AvgIpc) is 2.10. The van der Waals surface area contributed by atoms with Gasteiger partial charge in [-0.15, -0.1) is 0 Å². The van der Waals surface area contributed by atoms with Crippen LogP contribution in [0.1, 0.15) is 38.5 Å². The van der Waals surface area contributed by atoms with Crippen molar-refractivity contribution in [1.82, 2.24) is 0 Å². The van der Waals surface area contributed by atoms with Crippen molar-refractivity contribution in [2.75, 3.05) is 0 Å². The van der Waals surface area contributed by atoms with Gasteiger partial charge in [-0.3, -0.25) is 4.79 Å². The first kappa shape index (κ1) is 8.09. The number of rotatable bonds is 1. The van der Waals surface area contributed by atoms with Crippen molar-refractivity contribution in [3.05, 3.63) is 0 Å². The maximum atomic E-state index is 10.9. The molecule has 12 heavy (non-hydrogen) atoms. The summed E-state index contributed by atoms with van der Waals surface area (Å²) < 4.78 is 0. The molecule has 0 aliphatic heterocycles. The fourth-order valence-electron chi connectivity index (χ4n) is 2.77. The highest BCUT2D eigenvalue weighted by Crippen LogP contribution is 2.46. The Labute approximate surface area is 73.0 Å². The van der Waals surface area contributed by atoms with Gasteiger partial charge in [-0.25, -0.2) is 0 Å². The van der Waals surface area contributed by atoms with Gasteiger partial charge in [-0.2, -0.15) is 0 Å². The van der Waals surface area contributed by atoms with Gasteiger partial charge >= 0.3 is 5.97 Å². The Morgan fingerprint density at radius 1 is 1.08 bits per heavy atom. The molecule has 2 fully saturated rings. The summed E-state index contributed by atoms with van der Waals surface area (Å²) in [6.45, 7) is 0. The predicted molar refractivity (Wildman–Crippen MR) is 45.8 cm³/mol. The van der Waals surface area contributed by atoms with E-state index in [1.165, 1.54) is 25.7 Å². The van der Waals surface area contributed by atoms with Crippen molar-refractivity contribution in [1.29, 1.82) is 0 Å². The lowest BCUT2D eigenvalue weighted by Crippen LogP contribution is -2.35. The number of aliphatic carboxylic acids is 1. The van der Waals surface area contributed by atoms with Gasteiger partial charge in [-0.1, -0.05) is 19.3 Å². The van der Waals surface area contributed by atoms with Crippen LogP contribution in [0, 0.1) is 17.8 Å². The zero-order chi connectivity index (χ0) is 8.55. The molecule has 2 rings (SSSR count). The van der Waals surface area contributed by atoms with Gasteiger partial charge in [0.15, 0.2) is 0 Å². The van der Waals surface area contributed by atoms with Crippen LogP contribution in [0.25, 0.3) is 0 Å². The summed E-state index contributed by atoms with van der Waals surface area (Å²) >= 11 is 0. The average molecular weight is 168 g/mol. The molecule has 3 unspecified atom stereocenters. The fourth-order valence-corrected chi connectivity index (χ4v) is 2.77. The molecule has 0 saturated heterocycles. The molecule has 0 amide bonds. The molecule has 0 heterocycles. The largest absolute Gasteiger partial charge is 0.481 e. The number of hydrogen-bond donors (Lipinski definition) is 1. The van der Waals surface area contributed by atoms with E-state index in [9.17, 15) is 4.79 Å². The van der Waals surface area contributed by atoms with E-state index >= 15 is 0 Å². The molecule has 2 nitrogen and oxygen atoms in total. The van der Waals surface area contributed by atoms with Gasteiger partial charge in [0.25, 0.3) is 0 Å². The second-order valence-electron chi connectivity index (χ2n) is 4.23. The summed E-state index contributed by atoms with van der Waals surface area (Å²) in [7, 11) is 0. The minimum Gasteiger partial charge on any atom is -0.481 e. The van der Waals surface area contributed by atoms with E-state index in [1.54, 1.807) is 0 Å². The van der Waals surface area contributed by atoms with Crippen molar-refractivity contribution in [2.45, 2.75) is 38.5 Å². The van der Waals surface area contributed by atoms with Gasteiger partial charge in [0.05, 0.1) is 5.92 Å². The number of carboxylic acids is 1. The highest BCUT2D eigenvalue weighted by atomic mass is 16.4. The summed E-state index contributed by atoms with van der Waals surface area (Å²) in [6, 6.07) is 0. The van der Waals surface area contributed by atoms with Gasteiger partial charge in [0.1, 0.15) is 0 Å². The molecule has 2 saturated carbocycles. The molecule has 0 spiro atoms. The number of fused-ring (bicyclic) bond motifs is 1. The van der Waals surface area contributed by atoms with Gasteiger partial charge < -0.3 is 5.11 Å². The maximum Gasteiger partial charge on any atom is 0.306 e. The third-order valence-corrected chi connectivity index (χ3v) is 3.65. The van der Waals surface area contributed by atoms with Crippen LogP contribution in [0.4, 0.5) is 0 Å². The van der Waals surface area contributed by atoms with Crippen molar-refractivity contribution < 1.29 is 9.90 Å². The van der Waals surface area contributed by atoms with E-state index in [1.807, 2.05) is 0 Å². The molecule has 0 bridgehead atoms. The normalized spacial score (nSPS) is 40.8. The smallest absolute Gasteiger partial charge is 0.306 e. The Morgan fingerprint density at radius 2 is 1.83 bits per heavy atom. The van der Waals surface area contributed by atoms with E-state index in [2.05, 4.69) is 0 Å². The lowest BCUT2D eigenvalue weighted by Gasteiger charge is -2.38. The molecule has 1 N–H and O–H groups in total. The summed E-state index contributed by atoms with van der Waals surface area (Å²) in [5.74, 6) is 0.733. The summed E-state index contributed by atoms with van der Waals surface area (Å²) in [5, 5.41) is 8.99. The first-order valence-electron chi connectivity index (χ1n) is 5.02. The zero-order valence-electron chi connectivity index (χ0n) is 7.33. The number of carbonyl (C=O) groups is 1. The summed E-state index contributed by atoms with van der Waals surface area (Å²) in [4.78, 5) is 10.9. The van der Waals surface area contributed by atoms with Crippen molar-refractivity contribution in [3.8, 4) is 0 Å². The maximum absolute atomic E-state index is 10.9. The lowest BCUT2D eigenvalue weighted by atomic mass is 9.66. The minimum absolute atomic E-state index is 0.00810. The molecular weight excluding hydrogens is 152 g/mol. The summed E-state index contributed by atoms with van der Waals surface area (Å²) in [6.07, 6.45) is 7.05. The second kappa shape index (κ2) is 3.08. The van der Waals surface area contributed by atoms with Crippen LogP contribution in [0.5, 0.6) is 0 Å². The van der Waals surface area contributed by atoms with Crippen molar-refractivity contribution in [2.24, 2.45) is 17.8 Å². The van der Waals surface area contributed by atoms with Crippen molar-refractivity contribution in [3.63, 3.8) is 0 Å². The van der Waals surface area contributed by atoms with E-state index in [-0.39, 0.29) is 5.92 Å². The van der Waals surface area contributed by atoms with Crippen LogP contribution in [0.15, 0.2) is 0 Å². The first-order chi connectivity index (χ1) is 5.79. The summed E-state index contributed by atoms with van der Waals surface area (Å²) in [5.41, 5.74) is 0. The van der Waals surface area contributed by atoms with Crippen LogP contribution >= 0.6 is 0 Å². The number of hydrogen-bond acceptors (Lipinski definition) is 1. The Balaban J connectivity index is 2.05. The molecule has 2 aliphatic rings. The molecule has 0 aromatic rings. The molecule has 0 aromatic carbocycles. The lowest BCUT2D eigenvalue weighted by molar-refractivity contribution is -0.146. The Morgan fingerprint density at radius 3 is 2.42 bits per heavy atom. The first-order valence-corrected chi connectivity index (χ1v) is 5.02. The predicted octanol–water partition coefficient (Wildman–Crippen LogP) is 2.29. The van der Waals surface area contributed by atoms with Gasteiger partial charge in [0, 0.05) is 0 Å². The van der Waals surface area contributed by atoms with E-state index in [4.69, 9.17) is 5.11 Å².